The number of unbranched alkanes of at least 4 members (excludes halogenated alkanes) is 4. The van der Waals surface area contributed by atoms with E-state index in [1.165, 1.54) is 62.3 Å². The van der Waals surface area contributed by atoms with Crippen molar-refractivity contribution in [1.29, 1.82) is 0 Å². The van der Waals surface area contributed by atoms with E-state index in [9.17, 15) is 29.4 Å². The van der Waals surface area contributed by atoms with Crippen molar-refractivity contribution in [3.05, 3.63) is 287 Å². The third-order valence-corrected chi connectivity index (χ3v) is 22.0. The van der Waals surface area contributed by atoms with Crippen LogP contribution in [0.5, 0.6) is 0 Å². The number of rotatable bonds is 46. The van der Waals surface area contributed by atoms with Crippen LogP contribution in [0.25, 0.3) is 0 Å². The molecule has 6 N–H and O–H groups in total. The Morgan fingerprint density at radius 2 is 0.601 bits per heavy atom. The Morgan fingerprint density at radius 1 is 0.362 bits per heavy atom. The van der Waals surface area contributed by atoms with Gasteiger partial charge in [0.15, 0.2) is 0 Å². The van der Waals surface area contributed by atoms with Gasteiger partial charge < -0.3 is 59.6 Å². The molecule has 0 aliphatic heterocycles. The van der Waals surface area contributed by atoms with Gasteiger partial charge in [0.2, 0.25) is 0 Å². The number of benzene rings is 8. The second-order valence-corrected chi connectivity index (χ2v) is 37.2. The van der Waals surface area contributed by atoms with Crippen LogP contribution in [0.4, 0.5) is 9.59 Å². The highest BCUT2D eigenvalue weighted by atomic mass is 33.2. The highest BCUT2D eigenvalue weighted by Crippen LogP contribution is 2.26. The molecule has 31 heteroatoms. The summed E-state index contributed by atoms with van der Waals surface area (Å²) >= 11 is 16.0. The van der Waals surface area contributed by atoms with Crippen molar-refractivity contribution >= 4 is 182 Å². The number of hydrogen-bond donors (Lipinski definition) is 6. The fourth-order valence-electron chi connectivity index (χ4n) is 13.2. The van der Waals surface area contributed by atoms with Crippen molar-refractivity contribution in [3.63, 3.8) is 0 Å². The average molecular weight is 2160 g/mol. The molecule has 8 aromatic carbocycles. The van der Waals surface area contributed by atoms with E-state index in [0.29, 0.717) is 50.5 Å². The third kappa shape index (κ3) is 86.5. The lowest BCUT2D eigenvalue weighted by Gasteiger charge is -2.32. The number of nitrogens with zero attached hydrogens (tertiary/aromatic N) is 4. The van der Waals surface area contributed by atoms with E-state index >= 15 is 0 Å². The Labute approximate surface area is 910 Å². The molecule has 2 amide bonds. The molecule has 0 bridgehead atoms. The molecule has 18 nitrogen and oxygen atoms in total. The molecule has 138 heavy (non-hydrogen) atoms. The molecule has 0 aliphatic carbocycles. The summed E-state index contributed by atoms with van der Waals surface area (Å²) in [5.41, 5.74) is 9.61. The normalized spacial score (nSPS) is 11.2. The van der Waals surface area contributed by atoms with Crippen molar-refractivity contribution in [2.24, 2.45) is 23.7 Å². The Hall–Kier alpha value is -4.99. The Balaban J connectivity index is -0.000000171. The van der Waals surface area contributed by atoms with Gasteiger partial charge in [0.1, 0.15) is 23.8 Å². The average Bonchev–Trinajstić information content (AvgIpc) is 0.849. The second kappa shape index (κ2) is 105. The molecule has 8 rings (SSSR count). The Kier molecular flexibility index (Phi) is 116. The maximum atomic E-state index is 11.3. The number of hydrogen-bond acceptors (Lipinski definition) is 20. The highest BCUT2D eigenvalue weighted by molar-refractivity contribution is 8.51. The molecule has 0 fully saturated rings. The van der Waals surface area contributed by atoms with Gasteiger partial charge in [-0.3, -0.25) is 19.6 Å². The largest absolute Gasteiger partial charge is 0.444 e. The summed E-state index contributed by atoms with van der Waals surface area (Å²) < 4.78 is 20.8. The van der Waals surface area contributed by atoms with E-state index in [0.717, 1.165) is 155 Å². The predicted molar refractivity (Wildman–Crippen MR) is 637 cm³/mol. The number of methoxy groups -OCH3 is 2. The maximum absolute atomic E-state index is 11.3. The van der Waals surface area contributed by atoms with Gasteiger partial charge in [-0.1, -0.05) is 330 Å². The van der Waals surface area contributed by atoms with Crippen LogP contribution >= 0.6 is 94.5 Å². The zero-order valence-electron chi connectivity index (χ0n) is 84.7. The van der Waals surface area contributed by atoms with Crippen molar-refractivity contribution in [2.75, 3.05) is 80.3 Å². The van der Waals surface area contributed by atoms with Crippen LogP contribution in [0.3, 0.4) is 0 Å². The van der Waals surface area contributed by atoms with Gasteiger partial charge in [-0.15, -0.1) is 0 Å². The molecule has 0 radical (unpaired) electrons. The van der Waals surface area contributed by atoms with Crippen LogP contribution in [-0.2, 0) is 130 Å². The Bertz CT molecular complexity index is 3860. The second-order valence-electron chi connectivity index (χ2n) is 33.6. The van der Waals surface area contributed by atoms with Gasteiger partial charge in [-0.05, 0) is 162 Å². The summed E-state index contributed by atoms with van der Waals surface area (Å²) in [6.07, 6.45) is 15.1. The number of nitrogens with one attached hydrogen (secondary N) is 2. The molecule has 0 heterocycles. The Morgan fingerprint density at radius 3 is 0.833 bits per heavy atom. The van der Waals surface area contributed by atoms with Gasteiger partial charge in [0.05, 0.1) is 13.5 Å². The number of alkyl carbamates (subject to hydrolysis) is 2. The van der Waals surface area contributed by atoms with Crippen molar-refractivity contribution in [1.82, 2.24) is 30.2 Å². The number of carbonyl (C=O) groups is 4. The standard InChI is InChI=1S/C21H29NO.C20H27NO.C17H21NO.C16H19NO.2C11H23NO3.2C5H10O.CH4.S4.S2.7H2S/c1-3-10-20(17-23)16-22(15-19-11-6-4-7-12-19)18(2)21-13-8-5-9-14-21;1-2-9-20(17-22)16-21(14-18-10-5-3-6-11-18)15-19-12-7-4-8-13-19;1-15(17-11-7-4-8-12-17)18(14-19-2)13-16-9-5-3-6-10-16;1-18-14-17(12-15-8-4-2-5-9-15)13-16-10-6-3-7-11-16;2*1-5-6-9(8-13)7-12-10(14)15-11(2,3)4;2*1-2-3-4-5-6;;1-3-4-2;1-2;;;;;;;/h4-9,11-14,18,20,23H,3,10,15-17H2,1-2H3;3-8,10-13,20,22H,2,9,14-17H2,1H3;3-12,15H,13-14H2,1-2H3;2-11H,12-14H2,1H3;2*9,13H,5-8H2,1-4H3,(H,12,14);2*5H,2-4H2,1H3;1H4;;;7*1H2/t18-,20-;20-;15-;;2*9-;;;;;;;;;;;;/m000.00............/s1. The van der Waals surface area contributed by atoms with Crippen molar-refractivity contribution in [3.8, 4) is 0 Å². The first-order chi connectivity index (χ1) is 62.8. The van der Waals surface area contributed by atoms with E-state index in [4.69, 9.17) is 29.2 Å². The SMILES string of the molecule is C.CCCCC=O.CCCCC=O.CCC[C@H](CO)CN(Cc1ccccc1)Cc1ccccc1.CCC[C@H](CO)CN(Cc1ccccc1)[C@@H](C)c1ccccc1.CCC[C@H](CO)CNC(=O)OC(C)(C)C.CCC[C@H](CO)CNC(=O)OC(C)(C)C.COCN(Cc1ccccc1)Cc1ccccc1.COCN(Cc1ccccc1)[C@@H](C)c1ccccc1.S.S.S.S.S.S.S.S=S.S=S=S=S. The molecular formula is C107H180N6O12S13. The molecule has 788 valence electrons. The molecule has 0 saturated carbocycles. The van der Waals surface area contributed by atoms with Crippen LogP contribution in [0.15, 0.2) is 243 Å². The number of aliphatic hydroxyl groups excluding tert-OH is 4. The summed E-state index contributed by atoms with van der Waals surface area (Å²) in [5.74, 6) is 0.956. The summed E-state index contributed by atoms with van der Waals surface area (Å²) in [6, 6.07) is 85.1. The van der Waals surface area contributed by atoms with Gasteiger partial charge in [0, 0.05) is 194 Å². The number of carbonyl (C=O) groups excluding carboxylic acids is 4. The molecule has 0 spiro atoms. The lowest BCUT2D eigenvalue weighted by Crippen LogP contribution is -2.36. The zero-order valence-corrected chi connectivity index (χ0v) is 96.6. The number of aldehydes is 2. The van der Waals surface area contributed by atoms with E-state index in [1.54, 1.807) is 14.2 Å². The molecule has 8 aromatic rings. The van der Waals surface area contributed by atoms with Crippen molar-refractivity contribution in [2.45, 2.75) is 257 Å². The summed E-state index contributed by atoms with van der Waals surface area (Å²) in [4.78, 5) is 51.2. The molecule has 6 atom stereocenters. The van der Waals surface area contributed by atoms with Gasteiger partial charge in [-0.25, -0.2) is 9.59 Å². The van der Waals surface area contributed by atoms with Crippen molar-refractivity contribution < 1.29 is 58.6 Å². The van der Waals surface area contributed by atoms with Gasteiger partial charge >= 0.3 is 12.2 Å². The minimum atomic E-state index is -0.469. The number of ether oxygens (including phenoxy) is 4. The first kappa shape index (κ1) is 153. The molecule has 0 saturated heterocycles. The predicted octanol–water partition coefficient (Wildman–Crippen LogP) is 23.9. The number of amides is 2. The van der Waals surface area contributed by atoms with E-state index in [1.807, 2.05) is 65.8 Å². The minimum Gasteiger partial charge on any atom is -0.444 e. The van der Waals surface area contributed by atoms with Gasteiger partial charge in [-0.2, -0.15) is 94.5 Å². The topological polar surface area (TPSA) is 223 Å². The smallest absolute Gasteiger partial charge is 0.407 e. The lowest BCUT2D eigenvalue weighted by molar-refractivity contribution is -0.108. The lowest BCUT2D eigenvalue weighted by atomic mass is 10.00. The maximum Gasteiger partial charge on any atom is 0.407 e. The molecular weight excluding hydrogens is 1980 g/mol. The van der Waals surface area contributed by atoms with E-state index in [-0.39, 0.29) is 140 Å². The van der Waals surface area contributed by atoms with E-state index in [2.05, 4.69) is 349 Å². The van der Waals surface area contributed by atoms with E-state index < -0.39 is 23.4 Å². The molecule has 0 unspecified atom stereocenters. The summed E-state index contributed by atoms with van der Waals surface area (Å²) in [5, 5.41) is 42.6. The van der Waals surface area contributed by atoms with Gasteiger partial charge in [0.25, 0.3) is 0 Å². The van der Waals surface area contributed by atoms with Crippen LogP contribution in [-0.4, -0.2) is 156 Å². The monoisotopic (exact) mass is 2160 g/mol. The highest BCUT2D eigenvalue weighted by Gasteiger charge is 2.23. The molecule has 0 aromatic heterocycles. The van der Waals surface area contributed by atoms with Crippen LogP contribution < -0.4 is 10.6 Å². The first-order valence-electron chi connectivity index (χ1n) is 46.0. The summed E-state index contributed by atoms with van der Waals surface area (Å²) in [7, 11) is 5.83. The fourth-order valence-corrected chi connectivity index (χ4v) is 13.2. The summed E-state index contributed by atoms with van der Waals surface area (Å²) in [6.45, 7) is 38.3. The first-order valence-corrected chi connectivity index (χ1v) is 51.3. The fraction of sp³-hybridized carbons (Fsp3) is 0.514. The quantitative estimate of drug-likeness (QED) is 0.0119. The third-order valence-electron chi connectivity index (χ3n) is 19.8. The van der Waals surface area contributed by atoms with Crippen LogP contribution in [0.1, 0.15) is 251 Å². The van der Waals surface area contributed by atoms with Crippen LogP contribution in [0, 0.1) is 23.7 Å². The zero-order chi connectivity index (χ0) is 97.1. The van der Waals surface area contributed by atoms with Crippen LogP contribution in [0.2, 0.25) is 0 Å². The molecule has 0 aliphatic rings. The number of aliphatic hydroxyl groups is 4. The minimum absolute atomic E-state index is 0.